The molecular formula is C5H11N2O4SZn-. The van der Waals surface area contributed by atoms with Crippen molar-refractivity contribution in [2.45, 2.75) is 19.0 Å². The third-order valence-corrected chi connectivity index (χ3v) is 1.73. The number of carbonyl (C=O) groups excluding carboxylic acids is 1. The van der Waals surface area contributed by atoms with Gasteiger partial charge in [-0.3, -0.25) is 4.79 Å². The Morgan fingerprint density at radius 1 is 1.46 bits per heavy atom. The van der Waals surface area contributed by atoms with Gasteiger partial charge in [0.15, 0.2) is 0 Å². The summed E-state index contributed by atoms with van der Waals surface area (Å²) in [7, 11) is -4.33. The van der Waals surface area contributed by atoms with Gasteiger partial charge in [0.05, 0.1) is 6.04 Å². The largest absolute Gasteiger partial charge is 0.349 e. The number of nitrogens with two attached hydrogens (primary N) is 2. The zero-order valence-electron chi connectivity index (χ0n) is 7.17. The van der Waals surface area contributed by atoms with Crippen LogP contribution in [0.2, 0.25) is 0 Å². The molecule has 13 heavy (non-hydrogen) atoms. The Morgan fingerprint density at radius 2 is 1.85 bits per heavy atom. The second-order valence-corrected chi connectivity index (χ2v) is 3.67. The molecule has 0 spiro atoms. The van der Waals surface area contributed by atoms with E-state index in [-0.39, 0.29) is 19.5 Å². The summed E-state index contributed by atoms with van der Waals surface area (Å²) in [5.74, 6) is -0.300. The van der Waals surface area contributed by atoms with E-state index in [0.29, 0.717) is 5.75 Å². The van der Waals surface area contributed by atoms with Crippen LogP contribution in [0.15, 0.2) is 0 Å². The maximum Gasteiger partial charge on any atom is 0.136 e. The number of ketones is 1. The molecule has 2 atom stereocenters. The average molecular weight is 261 g/mol. The molecule has 8 heteroatoms. The summed E-state index contributed by atoms with van der Waals surface area (Å²) in [4.78, 5) is 10.9. The van der Waals surface area contributed by atoms with Gasteiger partial charge in [-0.25, -0.2) is 8.42 Å². The molecule has 0 fully saturated rings. The van der Waals surface area contributed by atoms with Gasteiger partial charge < -0.3 is 16.0 Å². The average Bonchev–Trinajstić information content (AvgIpc) is 1.82. The van der Waals surface area contributed by atoms with Crippen molar-refractivity contribution >= 4 is 15.9 Å². The van der Waals surface area contributed by atoms with E-state index in [1.165, 1.54) is 6.92 Å². The first-order valence-corrected chi connectivity index (χ1v) is 4.61. The first-order chi connectivity index (χ1) is 5.24. The standard InChI is InChI=1S/C5H11N2O4S.Zn/c1-3(6)5(8)4(7)2-12(9,10)11;/h2-4H,6-7H2,1H3,(H,9,10,11);/q-1;/t3-,4?;/m0./s1. The van der Waals surface area contributed by atoms with E-state index in [1.807, 2.05) is 0 Å². The Kier molecular flexibility index (Phi) is 6.92. The van der Waals surface area contributed by atoms with Crippen molar-refractivity contribution < 1.29 is 37.2 Å². The third kappa shape index (κ3) is 7.21. The van der Waals surface area contributed by atoms with Crippen molar-refractivity contribution in [2.24, 2.45) is 11.5 Å². The van der Waals surface area contributed by atoms with E-state index in [0.717, 1.165) is 0 Å². The fourth-order valence-electron chi connectivity index (χ4n) is 0.556. The van der Waals surface area contributed by atoms with Crippen LogP contribution in [0.3, 0.4) is 0 Å². The predicted molar refractivity (Wildman–Crippen MR) is 42.5 cm³/mol. The molecule has 0 radical (unpaired) electrons. The van der Waals surface area contributed by atoms with Crippen LogP contribution in [-0.2, 0) is 34.4 Å². The SMILES string of the molecule is C[C@H](N)C(=O)C(N)[CH-]S(=O)(=O)O.[Zn]. The molecule has 0 aliphatic heterocycles. The van der Waals surface area contributed by atoms with Crippen molar-refractivity contribution in [3.63, 3.8) is 0 Å². The zero-order valence-corrected chi connectivity index (χ0v) is 11.0. The van der Waals surface area contributed by atoms with Crippen LogP contribution >= 0.6 is 0 Å². The number of hydrogen-bond donors (Lipinski definition) is 3. The van der Waals surface area contributed by atoms with E-state index in [1.54, 1.807) is 0 Å². The maximum atomic E-state index is 10.9. The third-order valence-electron chi connectivity index (χ3n) is 1.10. The molecule has 0 aromatic carbocycles. The maximum absolute atomic E-state index is 10.9. The fourth-order valence-corrected chi connectivity index (χ4v) is 1.06. The summed E-state index contributed by atoms with van der Waals surface area (Å²) in [5.41, 5.74) is 10.2. The molecule has 0 saturated heterocycles. The van der Waals surface area contributed by atoms with E-state index in [4.69, 9.17) is 16.0 Å². The smallest absolute Gasteiger partial charge is 0.136 e. The molecule has 0 aromatic rings. The van der Waals surface area contributed by atoms with Gasteiger partial charge in [0.25, 0.3) is 0 Å². The summed E-state index contributed by atoms with van der Waals surface area (Å²) >= 11 is 0. The summed E-state index contributed by atoms with van der Waals surface area (Å²) < 4.78 is 28.7. The summed E-state index contributed by atoms with van der Waals surface area (Å²) in [6, 6.07) is -2.22. The Morgan fingerprint density at radius 3 is 2.08 bits per heavy atom. The first kappa shape index (κ1) is 15.6. The van der Waals surface area contributed by atoms with Crippen LogP contribution in [0.5, 0.6) is 0 Å². The van der Waals surface area contributed by atoms with Gasteiger partial charge >= 0.3 is 0 Å². The number of carbonyl (C=O) groups is 1. The predicted octanol–water partition coefficient (Wildman–Crippen LogP) is -1.72. The van der Waals surface area contributed by atoms with Crippen LogP contribution in [-0.4, -0.2) is 30.8 Å². The normalized spacial score (nSPS) is 15.7. The Bertz CT molecular complexity index is 264. The molecule has 0 amide bonds. The first-order valence-electron chi connectivity index (χ1n) is 3.11. The van der Waals surface area contributed by atoms with Gasteiger partial charge in [-0.1, -0.05) is 0 Å². The van der Waals surface area contributed by atoms with Crippen LogP contribution < -0.4 is 11.5 Å². The van der Waals surface area contributed by atoms with Crippen molar-refractivity contribution in [1.82, 2.24) is 0 Å². The minimum absolute atomic E-state index is 0. The van der Waals surface area contributed by atoms with Crippen molar-refractivity contribution in [2.75, 3.05) is 0 Å². The monoisotopic (exact) mass is 259 g/mol. The molecule has 0 rings (SSSR count). The quantitative estimate of drug-likeness (QED) is 0.314. The van der Waals surface area contributed by atoms with Crippen LogP contribution in [0.1, 0.15) is 6.92 Å². The molecule has 74 valence electrons. The van der Waals surface area contributed by atoms with Crippen LogP contribution in [0, 0.1) is 5.75 Å². The Labute approximate surface area is 89.6 Å². The van der Waals surface area contributed by atoms with Crippen molar-refractivity contribution in [3.05, 3.63) is 5.75 Å². The molecule has 0 aromatic heterocycles. The number of hydrogen-bond acceptors (Lipinski definition) is 5. The molecular weight excluding hydrogens is 250 g/mol. The summed E-state index contributed by atoms with van der Waals surface area (Å²) in [5, 5.41) is 0. The van der Waals surface area contributed by atoms with Gasteiger partial charge in [0.1, 0.15) is 15.9 Å². The second kappa shape index (κ2) is 5.77. The molecule has 0 aliphatic rings. The van der Waals surface area contributed by atoms with E-state index < -0.39 is 28.0 Å². The minimum atomic E-state index is -4.33. The van der Waals surface area contributed by atoms with Gasteiger partial charge in [0, 0.05) is 19.5 Å². The zero-order chi connectivity index (χ0) is 9.94. The number of rotatable bonds is 4. The van der Waals surface area contributed by atoms with Gasteiger partial charge in [-0.2, -0.15) is 5.75 Å². The van der Waals surface area contributed by atoms with E-state index in [9.17, 15) is 13.2 Å². The molecule has 5 N–H and O–H groups in total. The Balaban J connectivity index is 0. The van der Waals surface area contributed by atoms with E-state index >= 15 is 0 Å². The molecule has 1 unspecified atom stereocenters. The summed E-state index contributed by atoms with van der Waals surface area (Å²) in [6.07, 6.45) is 0. The molecule has 6 nitrogen and oxygen atoms in total. The van der Waals surface area contributed by atoms with Gasteiger partial charge in [0.2, 0.25) is 0 Å². The second-order valence-electron chi connectivity index (χ2n) is 2.37. The van der Waals surface area contributed by atoms with Crippen molar-refractivity contribution in [3.8, 4) is 0 Å². The Hall–Kier alpha value is 0.123. The minimum Gasteiger partial charge on any atom is -0.349 e. The molecule has 0 saturated carbocycles. The topological polar surface area (TPSA) is 123 Å². The van der Waals surface area contributed by atoms with E-state index in [2.05, 4.69) is 0 Å². The summed E-state index contributed by atoms with van der Waals surface area (Å²) in [6.45, 7) is 1.38. The molecule has 0 bridgehead atoms. The van der Waals surface area contributed by atoms with Crippen molar-refractivity contribution in [1.29, 1.82) is 0 Å². The van der Waals surface area contributed by atoms with Gasteiger partial charge in [-0.15, -0.1) is 0 Å². The number of Topliss-reactive ketones (excluding diaryl/α,β-unsaturated/α-hetero) is 1. The van der Waals surface area contributed by atoms with Gasteiger partial charge in [-0.05, 0) is 13.0 Å². The van der Waals surface area contributed by atoms with Crippen LogP contribution in [0.4, 0.5) is 0 Å². The fraction of sp³-hybridized carbons (Fsp3) is 0.600. The van der Waals surface area contributed by atoms with Crippen LogP contribution in [0.25, 0.3) is 0 Å². The molecule has 0 heterocycles. The molecule has 0 aliphatic carbocycles.